The van der Waals surface area contributed by atoms with Gasteiger partial charge in [-0.2, -0.15) is 5.10 Å². The maximum absolute atomic E-state index is 11.9. The third-order valence-corrected chi connectivity index (χ3v) is 4.72. The van der Waals surface area contributed by atoms with E-state index in [1.54, 1.807) is 12.4 Å². The number of nitrogens with zero attached hydrogens (tertiary/aromatic N) is 2. The average Bonchev–Trinajstić information content (AvgIpc) is 3.17. The van der Waals surface area contributed by atoms with E-state index in [0.717, 1.165) is 19.1 Å². The van der Waals surface area contributed by atoms with Crippen molar-refractivity contribution >= 4 is 5.91 Å². The summed E-state index contributed by atoms with van der Waals surface area (Å²) in [4.78, 5) is 14.5. The van der Waals surface area contributed by atoms with Gasteiger partial charge in [0, 0.05) is 25.3 Å². The van der Waals surface area contributed by atoms with Crippen molar-refractivity contribution in [2.45, 2.75) is 44.6 Å². The van der Waals surface area contributed by atoms with E-state index in [2.05, 4.69) is 20.4 Å². The highest BCUT2D eigenvalue weighted by Crippen LogP contribution is 2.27. The summed E-state index contributed by atoms with van der Waals surface area (Å²) in [6, 6.07) is 0.804. The fraction of sp³-hybridized carbons (Fsp3) is 0.733. The minimum absolute atomic E-state index is 0.0186. The maximum Gasteiger partial charge on any atom is 0.254 e. The number of nitrogens with one attached hydrogen (secondary N) is 2. The van der Waals surface area contributed by atoms with Crippen LogP contribution in [-0.4, -0.2) is 46.7 Å². The molecule has 0 aromatic carbocycles. The Morgan fingerprint density at radius 2 is 2.20 bits per heavy atom. The normalized spacial score (nSPS) is 24.9. The topological polar surface area (TPSA) is 61.0 Å². The van der Waals surface area contributed by atoms with Crippen LogP contribution in [0, 0.1) is 5.92 Å². The molecule has 0 bridgehead atoms. The van der Waals surface area contributed by atoms with Crippen LogP contribution in [0.2, 0.25) is 0 Å². The molecule has 5 nitrogen and oxygen atoms in total. The first-order valence-corrected chi connectivity index (χ1v) is 7.84. The number of carbonyl (C=O) groups excluding carboxylic acids is 1. The van der Waals surface area contributed by atoms with Gasteiger partial charge < -0.3 is 10.2 Å². The summed E-state index contributed by atoms with van der Waals surface area (Å²) < 4.78 is 0. The number of carbonyl (C=O) groups is 1. The monoisotopic (exact) mass is 276 g/mol. The molecule has 110 valence electrons. The van der Waals surface area contributed by atoms with Crippen molar-refractivity contribution in [2.75, 3.05) is 19.6 Å². The third-order valence-electron chi connectivity index (χ3n) is 4.72. The summed E-state index contributed by atoms with van der Waals surface area (Å²) in [7, 11) is 0. The lowest BCUT2D eigenvalue weighted by Crippen LogP contribution is -2.36. The molecule has 1 amide bonds. The van der Waals surface area contributed by atoms with E-state index in [9.17, 15) is 4.79 Å². The second-order valence-corrected chi connectivity index (χ2v) is 6.14. The summed E-state index contributed by atoms with van der Waals surface area (Å²) >= 11 is 0. The highest BCUT2D eigenvalue weighted by atomic mass is 16.1. The van der Waals surface area contributed by atoms with Gasteiger partial charge in [0.05, 0.1) is 11.8 Å². The van der Waals surface area contributed by atoms with Gasteiger partial charge in [-0.05, 0) is 31.7 Å². The lowest BCUT2D eigenvalue weighted by molar-refractivity contribution is 0.0946. The highest BCUT2D eigenvalue weighted by molar-refractivity contribution is 5.93. The zero-order chi connectivity index (χ0) is 13.8. The molecule has 2 heterocycles. The van der Waals surface area contributed by atoms with Crippen LogP contribution in [0.1, 0.15) is 48.9 Å². The van der Waals surface area contributed by atoms with Crippen LogP contribution in [-0.2, 0) is 0 Å². The summed E-state index contributed by atoms with van der Waals surface area (Å²) in [5.41, 5.74) is 0.618. The Balaban J connectivity index is 1.42. The van der Waals surface area contributed by atoms with E-state index in [1.165, 1.54) is 45.1 Å². The van der Waals surface area contributed by atoms with Crippen LogP contribution in [0.25, 0.3) is 0 Å². The van der Waals surface area contributed by atoms with Gasteiger partial charge in [-0.15, -0.1) is 0 Å². The van der Waals surface area contributed by atoms with Crippen molar-refractivity contribution in [3.05, 3.63) is 18.0 Å². The van der Waals surface area contributed by atoms with Gasteiger partial charge in [0.2, 0.25) is 0 Å². The Hall–Kier alpha value is -1.36. The molecule has 1 aliphatic heterocycles. The number of hydrogen-bond donors (Lipinski definition) is 2. The molecule has 1 aliphatic carbocycles. The molecule has 3 rings (SSSR count). The number of aromatic amines is 1. The third kappa shape index (κ3) is 3.20. The second-order valence-electron chi connectivity index (χ2n) is 6.14. The molecule has 0 unspecified atom stereocenters. The molecule has 1 aromatic heterocycles. The minimum Gasteiger partial charge on any atom is -0.352 e. The Morgan fingerprint density at radius 3 is 2.95 bits per heavy atom. The van der Waals surface area contributed by atoms with Gasteiger partial charge in [0.1, 0.15) is 0 Å². The van der Waals surface area contributed by atoms with Gasteiger partial charge in [-0.25, -0.2) is 0 Å². The first-order chi connectivity index (χ1) is 9.83. The van der Waals surface area contributed by atoms with E-state index in [0.29, 0.717) is 11.5 Å². The van der Waals surface area contributed by atoms with Crippen LogP contribution in [0.15, 0.2) is 12.4 Å². The quantitative estimate of drug-likeness (QED) is 0.881. The molecule has 1 saturated heterocycles. The van der Waals surface area contributed by atoms with E-state index in [-0.39, 0.29) is 5.91 Å². The molecule has 2 aliphatic rings. The number of rotatable bonds is 4. The van der Waals surface area contributed by atoms with E-state index in [4.69, 9.17) is 0 Å². The maximum atomic E-state index is 11.9. The molecule has 2 fully saturated rings. The Labute approximate surface area is 120 Å². The smallest absolute Gasteiger partial charge is 0.254 e. The summed E-state index contributed by atoms with van der Waals surface area (Å²) in [5, 5.41) is 9.50. The van der Waals surface area contributed by atoms with Crippen molar-refractivity contribution in [1.82, 2.24) is 20.4 Å². The Morgan fingerprint density at radius 1 is 1.35 bits per heavy atom. The summed E-state index contributed by atoms with van der Waals surface area (Å²) in [5.74, 6) is 0.586. The molecule has 0 spiro atoms. The van der Waals surface area contributed by atoms with Crippen molar-refractivity contribution in [1.29, 1.82) is 0 Å². The van der Waals surface area contributed by atoms with E-state index in [1.807, 2.05) is 0 Å². The number of hydrogen-bond acceptors (Lipinski definition) is 3. The fourth-order valence-electron chi connectivity index (χ4n) is 3.52. The first kappa shape index (κ1) is 13.6. The molecule has 1 aromatic rings. The van der Waals surface area contributed by atoms with Crippen molar-refractivity contribution in [3.63, 3.8) is 0 Å². The van der Waals surface area contributed by atoms with Gasteiger partial charge in [-0.1, -0.05) is 19.3 Å². The van der Waals surface area contributed by atoms with Crippen LogP contribution >= 0.6 is 0 Å². The molecule has 0 radical (unpaired) electrons. The average molecular weight is 276 g/mol. The lowest BCUT2D eigenvalue weighted by atomic mass is 9.94. The number of amides is 1. The zero-order valence-electron chi connectivity index (χ0n) is 12.0. The van der Waals surface area contributed by atoms with Gasteiger partial charge in [-0.3, -0.25) is 9.89 Å². The van der Waals surface area contributed by atoms with E-state index >= 15 is 0 Å². The molecule has 1 saturated carbocycles. The first-order valence-electron chi connectivity index (χ1n) is 7.84. The second kappa shape index (κ2) is 6.39. The molecular formula is C15H24N4O. The Kier molecular flexibility index (Phi) is 4.35. The lowest BCUT2D eigenvalue weighted by Gasteiger charge is -2.31. The molecule has 2 N–H and O–H groups in total. The summed E-state index contributed by atoms with van der Waals surface area (Å²) in [6.07, 6.45) is 11.3. The molecule has 1 atom stereocenters. The largest absolute Gasteiger partial charge is 0.352 e. The zero-order valence-corrected chi connectivity index (χ0v) is 12.0. The van der Waals surface area contributed by atoms with E-state index < -0.39 is 0 Å². The van der Waals surface area contributed by atoms with Crippen molar-refractivity contribution in [2.24, 2.45) is 5.92 Å². The minimum atomic E-state index is -0.0186. The van der Waals surface area contributed by atoms with Crippen molar-refractivity contribution < 1.29 is 4.79 Å². The van der Waals surface area contributed by atoms with Gasteiger partial charge in [0.25, 0.3) is 5.91 Å². The van der Waals surface area contributed by atoms with Crippen LogP contribution in [0.5, 0.6) is 0 Å². The molecule has 20 heavy (non-hydrogen) atoms. The van der Waals surface area contributed by atoms with Crippen LogP contribution in [0.3, 0.4) is 0 Å². The summed E-state index contributed by atoms with van der Waals surface area (Å²) in [6.45, 7) is 3.14. The van der Waals surface area contributed by atoms with Crippen molar-refractivity contribution in [3.8, 4) is 0 Å². The van der Waals surface area contributed by atoms with Gasteiger partial charge >= 0.3 is 0 Å². The number of H-pyrrole nitrogens is 1. The standard InChI is InChI=1S/C15H24N4O/c20-15(13-9-17-18-10-13)16-8-12-6-7-19(11-12)14-4-2-1-3-5-14/h9-10,12,14H,1-8,11H2,(H,16,20)(H,17,18)/t12-/m0/s1. The molecular weight excluding hydrogens is 252 g/mol. The molecule has 5 heteroatoms. The fourth-order valence-corrected chi connectivity index (χ4v) is 3.52. The van der Waals surface area contributed by atoms with Crippen LogP contribution < -0.4 is 5.32 Å². The number of likely N-dealkylation sites (tertiary alicyclic amines) is 1. The predicted molar refractivity (Wildman–Crippen MR) is 77.5 cm³/mol. The van der Waals surface area contributed by atoms with Crippen LogP contribution in [0.4, 0.5) is 0 Å². The SMILES string of the molecule is O=C(NC[C@@H]1CCN(C2CCCCC2)C1)c1cn[nH]c1. The Bertz CT molecular complexity index is 425. The number of aromatic nitrogens is 2. The highest BCUT2D eigenvalue weighted by Gasteiger charge is 2.29. The van der Waals surface area contributed by atoms with Gasteiger partial charge in [0.15, 0.2) is 0 Å². The predicted octanol–water partition coefficient (Wildman–Crippen LogP) is 1.79.